The van der Waals surface area contributed by atoms with Gasteiger partial charge in [0.15, 0.2) is 6.29 Å². The zero-order valence-corrected chi connectivity index (χ0v) is 10.6. The molecule has 0 aliphatic carbocycles. The number of carbonyl (C=O) groups excluding carboxylic acids is 1. The van der Waals surface area contributed by atoms with Crippen LogP contribution in [0.4, 0.5) is 0 Å². The summed E-state index contributed by atoms with van der Waals surface area (Å²) in [5.41, 5.74) is 3.62. The van der Waals surface area contributed by atoms with Crippen LogP contribution in [-0.4, -0.2) is 16.1 Å². The van der Waals surface area contributed by atoms with Crippen LogP contribution < -0.4 is 5.56 Å². The fourth-order valence-corrected chi connectivity index (χ4v) is 1.76. The number of aryl methyl sites for hydroxylation is 3. The van der Waals surface area contributed by atoms with Gasteiger partial charge in [0.05, 0.1) is 11.3 Å². The van der Waals surface area contributed by atoms with Crippen molar-refractivity contribution in [3.05, 3.63) is 51.3 Å². The Hall–Kier alpha value is -2.23. The van der Waals surface area contributed by atoms with E-state index in [0.29, 0.717) is 12.0 Å². The lowest BCUT2D eigenvalue weighted by molar-refractivity contribution is 0.112. The van der Waals surface area contributed by atoms with Gasteiger partial charge in [0, 0.05) is 12.6 Å². The van der Waals surface area contributed by atoms with Gasteiger partial charge in [-0.15, -0.1) is 0 Å². The summed E-state index contributed by atoms with van der Waals surface area (Å²) in [7, 11) is 1.54. The molecule has 2 rings (SSSR count). The van der Waals surface area contributed by atoms with Crippen LogP contribution in [0.15, 0.2) is 29.1 Å². The van der Waals surface area contributed by atoms with E-state index in [1.165, 1.54) is 16.3 Å². The van der Waals surface area contributed by atoms with E-state index in [1.54, 1.807) is 7.05 Å². The first-order valence-electron chi connectivity index (χ1n) is 5.64. The highest BCUT2D eigenvalue weighted by Gasteiger charge is 2.07. The van der Waals surface area contributed by atoms with E-state index in [4.69, 9.17) is 0 Å². The summed E-state index contributed by atoms with van der Waals surface area (Å²) in [6.45, 7) is 4.05. The van der Waals surface area contributed by atoms with Gasteiger partial charge < -0.3 is 0 Å². The summed E-state index contributed by atoms with van der Waals surface area (Å²) < 4.78 is 1.19. The largest absolute Gasteiger partial charge is 0.298 e. The zero-order chi connectivity index (χ0) is 13.3. The molecule has 4 heteroatoms. The predicted molar refractivity (Wildman–Crippen MR) is 69.8 cm³/mol. The van der Waals surface area contributed by atoms with Gasteiger partial charge in [0.1, 0.15) is 0 Å². The summed E-state index contributed by atoms with van der Waals surface area (Å²) in [6.07, 6.45) is 0.564. The molecule has 1 heterocycles. The molecule has 2 aromatic rings. The van der Waals surface area contributed by atoms with Crippen molar-refractivity contribution in [1.82, 2.24) is 9.78 Å². The third kappa shape index (κ3) is 2.09. The van der Waals surface area contributed by atoms with Gasteiger partial charge in [0.25, 0.3) is 5.56 Å². The number of aldehydes is 1. The van der Waals surface area contributed by atoms with Gasteiger partial charge in [-0.1, -0.05) is 12.1 Å². The van der Waals surface area contributed by atoms with Crippen LogP contribution in [-0.2, 0) is 7.05 Å². The maximum atomic E-state index is 11.6. The van der Waals surface area contributed by atoms with Crippen LogP contribution in [0.2, 0.25) is 0 Å². The molecule has 1 aromatic carbocycles. The van der Waals surface area contributed by atoms with Gasteiger partial charge in [-0.05, 0) is 37.1 Å². The van der Waals surface area contributed by atoms with E-state index >= 15 is 0 Å². The summed E-state index contributed by atoms with van der Waals surface area (Å²) in [6, 6.07) is 7.46. The summed E-state index contributed by atoms with van der Waals surface area (Å²) in [5, 5.41) is 4.17. The number of carbonyl (C=O) groups is 1. The van der Waals surface area contributed by atoms with Gasteiger partial charge in [0.2, 0.25) is 0 Å². The molecule has 18 heavy (non-hydrogen) atoms. The monoisotopic (exact) mass is 242 g/mol. The van der Waals surface area contributed by atoms with Crippen molar-refractivity contribution in [2.45, 2.75) is 13.8 Å². The van der Waals surface area contributed by atoms with Crippen LogP contribution in [0.3, 0.4) is 0 Å². The fraction of sp³-hybridized carbons (Fsp3) is 0.214. The zero-order valence-electron chi connectivity index (χ0n) is 10.6. The second-order valence-corrected chi connectivity index (χ2v) is 4.33. The molecule has 0 unspecified atom stereocenters. The second kappa shape index (κ2) is 4.56. The average molecular weight is 242 g/mol. The molecule has 0 spiro atoms. The normalized spacial score (nSPS) is 10.4. The maximum Gasteiger partial charge on any atom is 0.277 e. The first kappa shape index (κ1) is 12.2. The van der Waals surface area contributed by atoms with E-state index in [-0.39, 0.29) is 11.1 Å². The molecular weight excluding hydrogens is 228 g/mol. The Bertz CT molecular complexity index is 672. The van der Waals surface area contributed by atoms with Gasteiger partial charge >= 0.3 is 0 Å². The molecule has 0 atom stereocenters. The molecule has 1 aromatic heterocycles. The van der Waals surface area contributed by atoms with Gasteiger partial charge in [-0.3, -0.25) is 9.59 Å². The van der Waals surface area contributed by atoms with E-state index in [2.05, 4.69) is 5.10 Å². The summed E-state index contributed by atoms with van der Waals surface area (Å²) >= 11 is 0. The minimum absolute atomic E-state index is 0.126. The van der Waals surface area contributed by atoms with Crippen LogP contribution in [0, 0.1) is 13.8 Å². The Morgan fingerprint density at radius 2 is 1.89 bits per heavy atom. The molecule has 92 valence electrons. The summed E-state index contributed by atoms with van der Waals surface area (Å²) in [5.74, 6) is 0. The van der Waals surface area contributed by atoms with Crippen molar-refractivity contribution in [2.75, 3.05) is 0 Å². The number of nitrogens with zero attached hydrogens (tertiary/aromatic N) is 2. The minimum Gasteiger partial charge on any atom is -0.298 e. The molecule has 0 N–H and O–H groups in total. The van der Waals surface area contributed by atoms with Gasteiger partial charge in [-0.2, -0.15) is 5.10 Å². The molecule has 0 amide bonds. The van der Waals surface area contributed by atoms with Crippen LogP contribution in [0.25, 0.3) is 11.3 Å². The Labute approximate surface area is 105 Å². The Morgan fingerprint density at radius 1 is 1.17 bits per heavy atom. The summed E-state index contributed by atoms with van der Waals surface area (Å²) in [4.78, 5) is 22.4. The lowest BCUT2D eigenvalue weighted by atomic mass is 10.0. The number of rotatable bonds is 2. The highest BCUT2D eigenvalue weighted by atomic mass is 16.1. The lowest BCUT2D eigenvalue weighted by Gasteiger charge is -2.07. The Balaban J connectivity index is 2.64. The molecule has 0 fully saturated rings. The number of hydrogen-bond acceptors (Lipinski definition) is 3. The number of benzene rings is 1. The predicted octanol–water partition coefficient (Wildman–Crippen LogP) is 1.88. The van der Waals surface area contributed by atoms with Crippen molar-refractivity contribution < 1.29 is 4.79 Å². The standard InChI is InChI=1S/C14H14N2O2/c1-9-4-5-11(6-10(9)2)13-7-12(8-17)14(18)16(3)15-13/h4-8H,1-3H3. The minimum atomic E-state index is -0.377. The highest BCUT2D eigenvalue weighted by molar-refractivity contribution is 5.77. The third-order valence-corrected chi connectivity index (χ3v) is 3.02. The number of hydrogen-bond donors (Lipinski definition) is 0. The van der Waals surface area contributed by atoms with Crippen LogP contribution in [0.1, 0.15) is 21.5 Å². The first-order chi connectivity index (χ1) is 8.52. The molecule has 0 bridgehead atoms. The molecule has 0 saturated carbocycles. The fourth-order valence-electron chi connectivity index (χ4n) is 1.76. The maximum absolute atomic E-state index is 11.6. The lowest BCUT2D eigenvalue weighted by Crippen LogP contribution is -2.23. The van der Waals surface area contributed by atoms with Crippen molar-refractivity contribution in [3.8, 4) is 11.3 Å². The van der Waals surface area contributed by atoms with Crippen LogP contribution >= 0.6 is 0 Å². The second-order valence-electron chi connectivity index (χ2n) is 4.33. The van der Waals surface area contributed by atoms with E-state index in [1.807, 2.05) is 32.0 Å². The Morgan fingerprint density at radius 3 is 2.50 bits per heavy atom. The quantitative estimate of drug-likeness (QED) is 0.755. The first-order valence-corrected chi connectivity index (χ1v) is 5.64. The number of aromatic nitrogens is 2. The molecule has 0 aliphatic heterocycles. The molecule has 0 aliphatic rings. The molecule has 4 nitrogen and oxygen atoms in total. The van der Waals surface area contributed by atoms with Crippen LogP contribution in [0.5, 0.6) is 0 Å². The SMILES string of the molecule is Cc1ccc(-c2cc(C=O)c(=O)n(C)n2)cc1C. The highest BCUT2D eigenvalue weighted by Crippen LogP contribution is 2.19. The van der Waals surface area contributed by atoms with Crippen molar-refractivity contribution in [1.29, 1.82) is 0 Å². The topological polar surface area (TPSA) is 52.0 Å². The average Bonchev–Trinajstić information content (AvgIpc) is 2.36. The van der Waals surface area contributed by atoms with Crippen molar-refractivity contribution in [3.63, 3.8) is 0 Å². The molecular formula is C14H14N2O2. The van der Waals surface area contributed by atoms with Crippen molar-refractivity contribution >= 4 is 6.29 Å². The Kier molecular flexibility index (Phi) is 3.10. The molecule has 0 radical (unpaired) electrons. The van der Waals surface area contributed by atoms with Crippen molar-refractivity contribution in [2.24, 2.45) is 7.05 Å². The van der Waals surface area contributed by atoms with E-state index in [9.17, 15) is 9.59 Å². The van der Waals surface area contributed by atoms with E-state index < -0.39 is 0 Å². The van der Waals surface area contributed by atoms with E-state index in [0.717, 1.165) is 11.1 Å². The molecule has 0 saturated heterocycles. The smallest absolute Gasteiger partial charge is 0.277 e. The van der Waals surface area contributed by atoms with Gasteiger partial charge in [-0.25, -0.2) is 4.68 Å². The third-order valence-electron chi connectivity index (χ3n) is 3.02.